The zero-order chi connectivity index (χ0) is 16.8. The standard InChI is InChI=1S/C11H14ClN3.C4H4O4/c12-11-2-1-9(6-14-11)15-4-3-8-5-13-7-10(8)15;5-3(6)1-2-4(7)8/h1-2,6,8,10,13H,3-5,7H2;1-2H,(H,5,6)(H,7,8)/b;2-1+/t8-,10+;/m1./s1. The maximum atomic E-state index is 9.55. The minimum Gasteiger partial charge on any atom is -0.478 e. The number of aromatic nitrogens is 1. The zero-order valence-electron chi connectivity index (χ0n) is 12.4. The van der Waals surface area contributed by atoms with Gasteiger partial charge in [-0.25, -0.2) is 14.6 Å². The number of pyridine rings is 1. The van der Waals surface area contributed by atoms with Crippen molar-refractivity contribution >= 4 is 29.2 Å². The number of nitrogens with zero attached hydrogens (tertiary/aromatic N) is 2. The van der Waals surface area contributed by atoms with Gasteiger partial charge in [0, 0.05) is 37.8 Å². The van der Waals surface area contributed by atoms with Crippen LogP contribution in [0.3, 0.4) is 0 Å². The van der Waals surface area contributed by atoms with Crippen molar-refractivity contribution in [3.05, 3.63) is 35.6 Å². The van der Waals surface area contributed by atoms with Crippen molar-refractivity contribution < 1.29 is 19.8 Å². The molecule has 0 bridgehead atoms. The Morgan fingerprint density at radius 3 is 2.52 bits per heavy atom. The lowest BCUT2D eigenvalue weighted by atomic mass is 10.1. The monoisotopic (exact) mass is 339 g/mol. The van der Waals surface area contributed by atoms with Gasteiger partial charge in [0.05, 0.1) is 11.9 Å². The van der Waals surface area contributed by atoms with E-state index in [1.54, 1.807) is 0 Å². The second-order valence-electron chi connectivity index (χ2n) is 5.32. The first-order valence-electron chi connectivity index (χ1n) is 7.20. The predicted molar refractivity (Wildman–Crippen MR) is 85.8 cm³/mol. The summed E-state index contributed by atoms with van der Waals surface area (Å²) < 4.78 is 0. The van der Waals surface area contributed by atoms with Crippen molar-refractivity contribution in [2.24, 2.45) is 5.92 Å². The number of carboxylic acids is 2. The third kappa shape index (κ3) is 4.94. The Hall–Kier alpha value is -2.12. The van der Waals surface area contributed by atoms with E-state index in [9.17, 15) is 9.59 Å². The van der Waals surface area contributed by atoms with Crippen LogP contribution in [-0.4, -0.2) is 52.8 Å². The molecular weight excluding hydrogens is 322 g/mol. The van der Waals surface area contributed by atoms with E-state index in [4.69, 9.17) is 21.8 Å². The van der Waals surface area contributed by atoms with Crippen LogP contribution in [0.5, 0.6) is 0 Å². The molecule has 1 aromatic rings. The molecule has 3 heterocycles. The van der Waals surface area contributed by atoms with E-state index in [1.165, 1.54) is 18.7 Å². The average molecular weight is 340 g/mol. The van der Waals surface area contributed by atoms with Crippen molar-refractivity contribution in [1.82, 2.24) is 10.3 Å². The van der Waals surface area contributed by atoms with Crippen molar-refractivity contribution in [1.29, 1.82) is 0 Å². The number of halogens is 1. The number of nitrogens with one attached hydrogen (secondary N) is 1. The van der Waals surface area contributed by atoms with Gasteiger partial charge in [0.1, 0.15) is 5.15 Å². The first-order valence-corrected chi connectivity index (χ1v) is 7.58. The van der Waals surface area contributed by atoms with Gasteiger partial charge in [-0.2, -0.15) is 0 Å². The molecule has 0 amide bonds. The van der Waals surface area contributed by atoms with Gasteiger partial charge in [0.25, 0.3) is 0 Å². The Morgan fingerprint density at radius 1 is 1.26 bits per heavy atom. The van der Waals surface area contributed by atoms with Crippen LogP contribution in [0.25, 0.3) is 0 Å². The molecule has 2 aliphatic rings. The number of hydrogen-bond donors (Lipinski definition) is 3. The molecule has 0 aliphatic carbocycles. The molecule has 23 heavy (non-hydrogen) atoms. The number of rotatable bonds is 3. The minimum atomic E-state index is -1.26. The SMILES string of the molecule is Clc1ccc(N2CC[C@@H]3CNC[C@@H]32)cn1.O=C(O)/C=C/C(=O)O. The third-order valence-corrected chi connectivity index (χ3v) is 4.08. The number of carbonyl (C=O) groups is 2. The van der Waals surface area contributed by atoms with Crippen molar-refractivity contribution in [2.45, 2.75) is 12.5 Å². The number of fused-ring (bicyclic) bond motifs is 1. The lowest BCUT2D eigenvalue weighted by molar-refractivity contribution is -0.134. The van der Waals surface area contributed by atoms with Crippen LogP contribution in [-0.2, 0) is 9.59 Å². The summed E-state index contributed by atoms with van der Waals surface area (Å²) in [6.07, 6.45) is 4.29. The lowest BCUT2D eigenvalue weighted by Crippen LogP contribution is -2.34. The van der Waals surface area contributed by atoms with Crippen molar-refractivity contribution in [3.63, 3.8) is 0 Å². The van der Waals surface area contributed by atoms with Crippen molar-refractivity contribution in [2.75, 3.05) is 24.5 Å². The summed E-state index contributed by atoms with van der Waals surface area (Å²) >= 11 is 5.79. The van der Waals surface area contributed by atoms with E-state index < -0.39 is 11.9 Å². The maximum Gasteiger partial charge on any atom is 0.328 e. The molecule has 124 valence electrons. The number of anilines is 1. The second-order valence-corrected chi connectivity index (χ2v) is 5.70. The number of aliphatic carboxylic acids is 2. The first-order chi connectivity index (χ1) is 11.0. The molecule has 0 spiro atoms. The Morgan fingerprint density at radius 2 is 1.96 bits per heavy atom. The summed E-state index contributed by atoms with van der Waals surface area (Å²) in [5.74, 6) is -1.69. The van der Waals surface area contributed by atoms with Gasteiger partial charge in [0.2, 0.25) is 0 Å². The molecule has 0 unspecified atom stereocenters. The molecule has 2 atom stereocenters. The Labute approximate surface area is 138 Å². The summed E-state index contributed by atoms with van der Waals surface area (Å²) in [4.78, 5) is 25.7. The van der Waals surface area contributed by atoms with Crippen LogP contribution in [0.2, 0.25) is 5.15 Å². The van der Waals surface area contributed by atoms with E-state index in [-0.39, 0.29) is 0 Å². The molecule has 8 heteroatoms. The highest BCUT2D eigenvalue weighted by Gasteiger charge is 2.37. The molecule has 2 fully saturated rings. The average Bonchev–Trinajstić information content (AvgIpc) is 3.10. The molecule has 0 saturated carbocycles. The third-order valence-electron chi connectivity index (χ3n) is 3.86. The van der Waals surface area contributed by atoms with E-state index in [2.05, 4.69) is 21.3 Å². The molecular formula is C15H18ClN3O4. The van der Waals surface area contributed by atoms with Crippen LogP contribution < -0.4 is 10.2 Å². The second kappa shape index (κ2) is 7.94. The normalized spacial score (nSPS) is 22.6. The fourth-order valence-electron chi connectivity index (χ4n) is 2.85. The fourth-order valence-corrected chi connectivity index (χ4v) is 2.96. The number of carboxylic acid groups (broad SMARTS) is 2. The molecule has 7 nitrogen and oxygen atoms in total. The molecule has 3 rings (SSSR count). The Bertz CT molecular complexity index is 575. The topological polar surface area (TPSA) is 103 Å². The van der Waals surface area contributed by atoms with Gasteiger partial charge in [-0.1, -0.05) is 11.6 Å². The molecule has 3 N–H and O–H groups in total. The summed E-state index contributed by atoms with van der Waals surface area (Å²) in [6.45, 7) is 3.43. The molecule has 0 aromatic carbocycles. The molecule has 0 radical (unpaired) electrons. The highest BCUT2D eigenvalue weighted by Crippen LogP contribution is 2.31. The predicted octanol–water partition coefficient (Wildman–Crippen LogP) is 1.24. The van der Waals surface area contributed by atoms with E-state index >= 15 is 0 Å². The van der Waals surface area contributed by atoms with Crippen LogP contribution in [0.15, 0.2) is 30.5 Å². The summed E-state index contributed by atoms with van der Waals surface area (Å²) in [5, 5.41) is 19.6. The Kier molecular flexibility index (Phi) is 5.95. The summed E-state index contributed by atoms with van der Waals surface area (Å²) in [7, 11) is 0. The summed E-state index contributed by atoms with van der Waals surface area (Å²) in [5.41, 5.74) is 1.20. The van der Waals surface area contributed by atoms with Gasteiger partial charge in [-0.05, 0) is 24.5 Å². The Balaban J connectivity index is 0.000000207. The van der Waals surface area contributed by atoms with E-state index in [0.29, 0.717) is 23.3 Å². The highest BCUT2D eigenvalue weighted by atomic mass is 35.5. The van der Waals surface area contributed by atoms with Crippen molar-refractivity contribution in [3.8, 4) is 0 Å². The lowest BCUT2D eigenvalue weighted by Gasteiger charge is -2.25. The largest absolute Gasteiger partial charge is 0.478 e. The minimum absolute atomic E-state index is 0.558. The van der Waals surface area contributed by atoms with E-state index in [1.807, 2.05) is 12.3 Å². The molecule has 2 saturated heterocycles. The van der Waals surface area contributed by atoms with Crippen LogP contribution in [0, 0.1) is 5.92 Å². The van der Waals surface area contributed by atoms with Crippen LogP contribution in [0.1, 0.15) is 6.42 Å². The van der Waals surface area contributed by atoms with Crippen LogP contribution >= 0.6 is 11.6 Å². The first kappa shape index (κ1) is 17.2. The fraction of sp³-hybridized carbons (Fsp3) is 0.400. The zero-order valence-corrected chi connectivity index (χ0v) is 13.1. The smallest absolute Gasteiger partial charge is 0.328 e. The molecule has 2 aliphatic heterocycles. The highest BCUT2D eigenvalue weighted by molar-refractivity contribution is 6.29. The molecule has 1 aromatic heterocycles. The van der Waals surface area contributed by atoms with E-state index in [0.717, 1.165) is 19.0 Å². The van der Waals surface area contributed by atoms with Gasteiger partial charge in [-0.3, -0.25) is 0 Å². The van der Waals surface area contributed by atoms with Crippen LogP contribution in [0.4, 0.5) is 5.69 Å². The van der Waals surface area contributed by atoms with Gasteiger partial charge >= 0.3 is 11.9 Å². The summed E-state index contributed by atoms with van der Waals surface area (Å²) in [6, 6.07) is 4.59. The van der Waals surface area contributed by atoms with Gasteiger partial charge in [-0.15, -0.1) is 0 Å². The van der Waals surface area contributed by atoms with Gasteiger partial charge < -0.3 is 20.4 Å². The maximum absolute atomic E-state index is 9.55. The quantitative estimate of drug-likeness (QED) is 0.562. The van der Waals surface area contributed by atoms with Gasteiger partial charge in [0.15, 0.2) is 0 Å². The number of hydrogen-bond acceptors (Lipinski definition) is 5.